The highest BCUT2D eigenvalue weighted by Gasteiger charge is 2.06. The average Bonchev–Trinajstić information content (AvgIpc) is 2.61. The smallest absolute Gasteiger partial charge is 0.338 e. The highest BCUT2D eigenvalue weighted by molar-refractivity contribution is 9.09. The zero-order valence-electron chi connectivity index (χ0n) is 13.0. The number of ether oxygens (including phenoxy) is 1. The van der Waals surface area contributed by atoms with Gasteiger partial charge in [-0.15, -0.1) is 0 Å². The van der Waals surface area contributed by atoms with Gasteiger partial charge in [-0.2, -0.15) is 0 Å². The molecular formula is C18H18BrNO4. The highest BCUT2D eigenvalue weighted by Crippen LogP contribution is 2.12. The van der Waals surface area contributed by atoms with Crippen molar-refractivity contribution < 1.29 is 19.4 Å². The number of hydrogen-bond donors (Lipinski definition) is 2. The molecule has 2 aromatic rings. The van der Waals surface area contributed by atoms with Crippen LogP contribution in [0.5, 0.6) is 0 Å². The van der Waals surface area contributed by atoms with E-state index < -0.39 is 5.97 Å². The maximum atomic E-state index is 11.8. The lowest BCUT2D eigenvalue weighted by Gasteiger charge is -2.08. The SMILES string of the molecule is O=C(O)c1ccc(NCc2ccc(C(=O)OCCCBr)cc2)cc1. The largest absolute Gasteiger partial charge is 0.478 e. The molecule has 0 unspecified atom stereocenters. The van der Waals surface area contributed by atoms with Gasteiger partial charge in [-0.3, -0.25) is 0 Å². The van der Waals surface area contributed by atoms with Crippen LogP contribution in [0.2, 0.25) is 0 Å². The Labute approximate surface area is 148 Å². The number of esters is 1. The van der Waals surface area contributed by atoms with E-state index in [1.165, 1.54) is 0 Å². The molecule has 5 nitrogen and oxygen atoms in total. The minimum Gasteiger partial charge on any atom is -0.478 e. The first-order valence-electron chi connectivity index (χ1n) is 7.49. The molecule has 0 heterocycles. The third kappa shape index (κ3) is 5.38. The average molecular weight is 392 g/mol. The van der Waals surface area contributed by atoms with Crippen LogP contribution in [-0.4, -0.2) is 29.0 Å². The third-order valence-corrected chi connectivity index (χ3v) is 3.89. The number of hydrogen-bond acceptors (Lipinski definition) is 4. The van der Waals surface area contributed by atoms with Gasteiger partial charge in [0.25, 0.3) is 0 Å². The van der Waals surface area contributed by atoms with E-state index in [0.29, 0.717) is 18.7 Å². The second-order valence-corrected chi connectivity index (χ2v) is 5.90. The predicted molar refractivity (Wildman–Crippen MR) is 95.9 cm³/mol. The van der Waals surface area contributed by atoms with Crippen molar-refractivity contribution in [2.24, 2.45) is 0 Å². The van der Waals surface area contributed by atoms with E-state index >= 15 is 0 Å². The van der Waals surface area contributed by atoms with E-state index in [9.17, 15) is 9.59 Å². The monoisotopic (exact) mass is 391 g/mol. The summed E-state index contributed by atoms with van der Waals surface area (Å²) in [7, 11) is 0. The molecule has 0 bridgehead atoms. The highest BCUT2D eigenvalue weighted by atomic mass is 79.9. The van der Waals surface area contributed by atoms with Crippen LogP contribution in [0, 0.1) is 0 Å². The first-order valence-corrected chi connectivity index (χ1v) is 8.61. The molecule has 2 N–H and O–H groups in total. The van der Waals surface area contributed by atoms with Crippen LogP contribution in [0.1, 0.15) is 32.7 Å². The number of alkyl halides is 1. The van der Waals surface area contributed by atoms with Gasteiger partial charge in [-0.25, -0.2) is 9.59 Å². The second-order valence-electron chi connectivity index (χ2n) is 5.11. The number of aromatic carboxylic acids is 1. The molecule has 0 saturated heterocycles. The molecule has 0 fully saturated rings. The van der Waals surface area contributed by atoms with Crippen molar-refractivity contribution in [2.75, 3.05) is 17.3 Å². The van der Waals surface area contributed by atoms with E-state index in [4.69, 9.17) is 9.84 Å². The van der Waals surface area contributed by atoms with Gasteiger partial charge in [0, 0.05) is 17.6 Å². The molecule has 0 spiro atoms. The molecule has 2 rings (SSSR count). The van der Waals surface area contributed by atoms with Crippen molar-refractivity contribution >= 4 is 33.6 Å². The Morgan fingerprint density at radius 2 is 1.62 bits per heavy atom. The fraction of sp³-hybridized carbons (Fsp3) is 0.222. The normalized spacial score (nSPS) is 10.2. The summed E-state index contributed by atoms with van der Waals surface area (Å²) in [5, 5.41) is 12.9. The zero-order chi connectivity index (χ0) is 17.4. The Kier molecular flexibility index (Phi) is 6.81. The van der Waals surface area contributed by atoms with Crippen molar-refractivity contribution in [1.82, 2.24) is 0 Å². The quantitative estimate of drug-likeness (QED) is 0.404. The lowest BCUT2D eigenvalue weighted by molar-refractivity contribution is 0.0506. The lowest BCUT2D eigenvalue weighted by atomic mass is 10.1. The van der Waals surface area contributed by atoms with Gasteiger partial charge in [0.2, 0.25) is 0 Å². The molecule has 0 atom stereocenters. The Bertz CT molecular complexity index is 683. The van der Waals surface area contributed by atoms with Gasteiger partial charge in [0.1, 0.15) is 0 Å². The third-order valence-electron chi connectivity index (χ3n) is 3.33. The van der Waals surface area contributed by atoms with Crippen molar-refractivity contribution in [3.63, 3.8) is 0 Å². The summed E-state index contributed by atoms with van der Waals surface area (Å²) >= 11 is 3.29. The molecule has 0 amide bonds. The summed E-state index contributed by atoms with van der Waals surface area (Å²) in [5.41, 5.74) is 2.62. The standard InChI is InChI=1S/C18H18BrNO4/c19-10-1-11-24-18(23)15-4-2-13(3-5-15)12-20-16-8-6-14(7-9-16)17(21)22/h2-9,20H,1,10-12H2,(H,21,22). The second kappa shape index (κ2) is 9.08. The minimum absolute atomic E-state index is 0.253. The molecule has 24 heavy (non-hydrogen) atoms. The Balaban J connectivity index is 1.87. The first kappa shape index (κ1) is 18.0. The van der Waals surface area contributed by atoms with Gasteiger partial charge in [0.15, 0.2) is 0 Å². The van der Waals surface area contributed by atoms with Gasteiger partial charge in [-0.1, -0.05) is 28.1 Å². The first-order chi connectivity index (χ1) is 11.6. The van der Waals surface area contributed by atoms with Gasteiger partial charge in [-0.05, 0) is 48.4 Å². The van der Waals surface area contributed by atoms with E-state index in [0.717, 1.165) is 23.0 Å². The van der Waals surface area contributed by atoms with Crippen LogP contribution in [0.3, 0.4) is 0 Å². The molecule has 6 heteroatoms. The van der Waals surface area contributed by atoms with Crippen LogP contribution in [0.25, 0.3) is 0 Å². The molecule has 0 aliphatic carbocycles. The number of carboxylic acid groups (broad SMARTS) is 1. The molecule has 0 saturated carbocycles. The maximum absolute atomic E-state index is 11.8. The Morgan fingerprint density at radius 1 is 1.00 bits per heavy atom. The van der Waals surface area contributed by atoms with E-state index in [-0.39, 0.29) is 11.5 Å². The minimum atomic E-state index is -0.944. The van der Waals surface area contributed by atoms with Crippen molar-refractivity contribution in [3.8, 4) is 0 Å². The number of carbonyl (C=O) groups is 2. The molecule has 126 valence electrons. The number of benzene rings is 2. The van der Waals surface area contributed by atoms with E-state index in [1.54, 1.807) is 36.4 Å². The van der Waals surface area contributed by atoms with Crippen molar-refractivity contribution in [2.45, 2.75) is 13.0 Å². The summed E-state index contributed by atoms with van der Waals surface area (Å²) < 4.78 is 5.14. The Hall–Kier alpha value is -2.34. The summed E-state index contributed by atoms with van der Waals surface area (Å²) in [6, 6.07) is 13.7. The fourth-order valence-corrected chi connectivity index (χ4v) is 2.23. The number of rotatable bonds is 8. The molecule has 2 aromatic carbocycles. The van der Waals surface area contributed by atoms with Crippen molar-refractivity contribution in [1.29, 1.82) is 0 Å². The maximum Gasteiger partial charge on any atom is 0.338 e. The van der Waals surface area contributed by atoms with Crippen LogP contribution in [-0.2, 0) is 11.3 Å². The zero-order valence-corrected chi connectivity index (χ0v) is 14.6. The molecular weight excluding hydrogens is 374 g/mol. The Morgan fingerprint density at radius 3 is 2.21 bits per heavy atom. The van der Waals surface area contributed by atoms with Gasteiger partial charge >= 0.3 is 11.9 Å². The van der Waals surface area contributed by atoms with Crippen molar-refractivity contribution in [3.05, 3.63) is 65.2 Å². The molecule has 0 aromatic heterocycles. The summed E-state index contributed by atoms with van der Waals surface area (Å²) in [6.07, 6.45) is 0.786. The number of halogens is 1. The fourth-order valence-electron chi connectivity index (χ4n) is 2.00. The van der Waals surface area contributed by atoms with Gasteiger partial charge < -0.3 is 15.2 Å². The number of carbonyl (C=O) groups excluding carboxylic acids is 1. The summed E-state index contributed by atoms with van der Waals surface area (Å²) in [6.45, 7) is 0.977. The van der Waals surface area contributed by atoms with E-state index in [2.05, 4.69) is 21.2 Å². The van der Waals surface area contributed by atoms with Gasteiger partial charge in [0.05, 0.1) is 17.7 Å². The predicted octanol–water partition coefficient (Wildman–Crippen LogP) is 3.94. The number of anilines is 1. The molecule has 0 aliphatic rings. The van der Waals surface area contributed by atoms with Crippen LogP contribution >= 0.6 is 15.9 Å². The molecule has 0 radical (unpaired) electrons. The van der Waals surface area contributed by atoms with E-state index in [1.807, 2.05) is 12.1 Å². The van der Waals surface area contributed by atoms with Crippen LogP contribution in [0.4, 0.5) is 5.69 Å². The summed E-state index contributed by atoms with van der Waals surface area (Å²) in [5.74, 6) is -1.26. The molecule has 0 aliphatic heterocycles. The topological polar surface area (TPSA) is 75.6 Å². The lowest BCUT2D eigenvalue weighted by Crippen LogP contribution is -2.07. The summed E-state index contributed by atoms with van der Waals surface area (Å²) in [4.78, 5) is 22.6. The number of nitrogens with one attached hydrogen (secondary N) is 1. The van der Waals surface area contributed by atoms with Crippen LogP contribution < -0.4 is 5.32 Å². The van der Waals surface area contributed by atoms with Crippen LogP contribution in [0.15, 0.2) is 48.5 Å². The number of carboxylic acids is 1.